The molecule has 2 aromatic rings. The lowest BCUT2D eigenvalue weighted by atomic mass is 10.1. The molecular weight excluding hydrogens is 218 g/mol. The van der Waals surface area contributed by atoms with Crippen molar-refractivity contribution in [1.29, 1.82) is 0 Å². The number of aromatic nitrogens is 1. The van der Waals surface area contributed by atoms with Gasteiger partial charge in [0.15, 0.2) is 0 Å². The molecule has 3 nitrogen and oxygen atoms in total. The van der Waals surface area contributed by atoms with Crippen molar-refractivity contribution in [2.24, 2.45) is 9.98 Å². The van der Waals surface area contributed by atoms with Crippen LogP contribution in [0, 0.1) is 0 Å². The molecule has 1 aromatic carbocycles. The van der Waals surface area contributed by atoms with Crippen LogP contribution in [0.3, 0.4) is 0 Å². The molecule has 0 spiro atoms. The number of aliphatic imine (C=N–C) groups is 2. The predicted molar refractivity (Wildman–Crippen MR) is 69.3 cm³/mol. The molecule has 0 saturated heterocycles. The van der Waals surface area contributed by atoms with Gasteiger partial charge in [0.05, 0.1) is 21.4 Å². The topological polar surface area (TPSA) is 37.6 Å². The van der Waals surface area contributed by atoms with Gasteiger partial charge in [-0.2, -0.15) is 0 Å². The summed E-state index contributed by atoms with van der Waals surface area (Å²) in [6.07, 6.45) is 3.81. The molecular formula is C12H11N3S. The Morgan fingerprint density at radius 3 is 3.19 bits per heavy atom. The average Bonchev–Trinajstić information content (AvgIpc) is 2.77. The van der Waals surface area contributed by atoms with Gasteiger partial charge in [-0.3, -0.25) is 9.98 Å². The van der Waals surface area contributed by atoms with Gasteiger partial charge in [-0.25, -0.2) is 4.98 Å². The van der Waals surface area contributed by atoms with Gasteiger partial charge in [-0.15, -0.1) is 11.3 Å². The Morgan fingerprint density at radius 1 is 1.31 bits per heavy atom. The number of hydrogen-bond acceptors (Lipinski definition) is 4. The van der Waals surface area contributed by atoms with Gasteiger partial charge in [0, 0.05) is 31.3 Å². The molecule has 0 atom stereocenters. The standard InChI is InChI=1S/C12H11N3S/c1-2-12-11(14-8-16-12)7-10(1)15-9-3-5-13-6-4-9/h1-2,5,7-8H,3-4,6H2. The summed E-state index contributed by atoms with van der Waals surface area (Å²) in [5.74, 6) is 0. The maximum absolute atomic E-state index is 4.64. The molecule has 0 aliphatic carbocycles. The smallest absolute Gasteiger partial charge is 0.0833 e. The predicted octanol–water partition coefficient (Wildman–Crippen LogP) is 3.23. The van der Waals surface area contributed by atoms with E-state index in [0.717, 1.165) is 30.6 Å². The van der Waals surface area contributed by atoms with Gasteiger partial charge < -0.3 is 0 Å². The third kappa shape index (κ3) is 1.88. The zero-order chi connectivity index (χ0) is 10.8. The lowest BCUT2D eigenvalue weighted by Crippen LogP contribution is -2.06. The molecule has 0 bridgehead atoms. The van der Waals surface area contributed by atoms with E-state index in [2.05, 4.69) is 27.1 Å². The molecule has 3 rings (SSSR count). The summed E-state index contributed by atoms with van der Waals surface area (Å²) in [7, 11) is 0. The Morgan fingerprint density at radius 2 is 2.31 bits per heavy atom. The number of nitrogens with zero attached hydrogens (tertiary/aromatic N) is 3. The van der Waals surface area contributed by atoms with Crippen molar-refractivity contribution in [3.63, 3.8) is 0 Å². The lowest BCUT2D eigenvalue weighted by molar-refractivity contribution is 1.00. The fourth-order valence-corrected chi connectivity index (χ4v) is 2.42. The molecule has 80 valence electrons. The average molecular weight is 229 g/mol. The van der Waals surface area contributed by atoms with E-state index in [4.69, 9.17) is 0 Å². The molecule has 0 amide bonds. The summed E-state index contributed by atoms with van der Waals surface area (Å²) in [5, 5.41) is 0. The SMILES string of the molecule is C1=NCCC(=Nc2ccc3scnc3c2)C1. The molecule has 0 N–H and O–H groups in total. The van der Waals surface area contributed by atoms with Gasteiger partial charge in [0.2, 0.25) is 0 Å². The molecule has 1 aromatic heterocycles. The first-order valence-electron chi connectivity index (χ1n) is 5.30. The monoisotopic (exact) mass is 229 g/mol. The highest BCUT2D eigenvalue weighted by Gasteiger charge is 2.03. The van der Waals surface area contributed by atoms with Crippen molar-refractivity contribution in [2.45, 2.75) is 12.8 Å². The molecule has 0 saturated carbocycles. The molecule has 0 radical (unpaired) electrons. The Bertz CT molecular complexity index is 568. The minimum atomic E-state index is 0.873. The first-order valence-corrected chi connectivity index (χ1v) is 6.18. The third-order valence-corrected chi connectivity index (χ3v) is 3.40. The highest BCUT2D eigenvalue weighted by molar-refractivity contribution is 7.16. The second-order valence-corrected chi connectivity index (χ2v) is 4.61. The van der Waals surface area contributed by atoms with E-state index < -0.39 is 0 Å². The minimum absolute atomic E-state index is 0.873. The maximum Gasteiger partial charge on any atom is 0.0833 e. The van der Waals surface area contributed by atoms with Gasteiger partial charge in [-0.1, -0.05) is 0 Å². The van der Waals surface area contributed by atoms with E-state index in [1.54, 1.807) is 11.3 Å². The van der Waals surface area contributed by atoms with Crippen LogP contribution in [-0.2, 0) is 0 Å². The zero-order valence-electron chi connectivity index (χ0n) is 8.76. The molecule has 0 fully saturated rings. The molecule has 1 aliphatic heterocycles. The van der Waals surface area contributed by atoms with Gasteiger partial charge in [0.25, 0.3) is 0 Å². The molecule has 4 heteroatoms. The fourth-order valence-electron chi connectivity index (χ4n) is 1.76. The van der Waals surface area contributed by atoms with Crippen LogP contribution in [0.25, 0.3) is 10.2 Å². The highest BCUT2D eigenvalue weighted by Crippen LogP contribution is 2.23. The Kier molecular flexibility index (Phi) is 2.50. The van der Waals surface area contributed by atoms with Crippen molar-refractivity contribution < 1.29 is 0 Å². The second kappa shape index (κ2) is 4.14. The number of rotatable bonds is 1. The Hall–Kier alpha value is -1.55. The quantitative estimate of drug-likeness (QED) is 0.739. The van der Waals surface area contributed by atoms with Crippen molar-refractivity contribution >= 4 is 39.2 Å². The van der Waals surface area contributed by atoms with E-state index in [1.165, 1.54) is 10.4 Å². The van der Waals surface area contributed by atoms with E-state index in [9.17, 15) is 0 Å². The number of fused-ring (bicyclic) bond motifs is 1. The van der Waals surface area contributed by atoms with Crippen LogP contribution >= 0.6 is 11.3 Å². The first kappa shape index (κ1) is 9.66. The lowest BCUT2D eigenvalue weighted by Gasteiger charge is -2.06. The van der Waals surface area contributed by atoms with E-state index in [0.29, 0.717) is 0 Å². The van der Waals surface area contributed by atoms with Crippen LogP contribution in [0.15, 0.2) is 33.7 Å². The van der Waals surface area contributed by atoms with Crippen molar-refractivity contribution in [1.82, 2.24) is 4.98 Å². The van der Waals surface area contributed by atoms with Crippen LogP contribution in [-0.4, -0.2) is 23.5 Å². The number of thiazole rings is 1. The number of benzene rings is 1. The summed E-state index contributed by atoms with van der Waals surface area (Å²) >= 11 is 1.66. The molecule has 2 heterocycles. The summed E-state index contributed by atoms with van der Waals surface area (Å²) in [6.45, 7) is 0.873. The van der Waals surface area contributed by atoms with Gasteiger partial charge >= 0.3 is 0 Å². The van der Waals surface area contributed by atoms with Crippen LogP contribution in [0.5, 0.6) is 0 Å². The maximum atomic E-state index is 4.64. The van der Waals surface area contributed by atoms with Crippen LogP contribution < -0.4 is 0 Å². The normalized spacial score (nSPS) is 18.4. The van der Waals surface area contributed by atoms with Crippen molar-refractivity contribution in [3.05, 3.63) is 23.7 Å². The van der Waals surface area contributed by atoms with E-state index in [1.807, 2.05) is 17.8 Å². The van der Waals surface area contributed by atoms with Crippen molar-refractivity contribution in [2.75, 3.05) is 6.54 Å². The van der Waals surface area contributed by atoms with Gasteiger partial charge in [0.1, 0.15) is 0 Å². The highest BCUT2D eigenvalue weighted by atomic mass is 32.1. The summed E-state index contributed by atoms with van der Waals surface area (Å²) < 4.78 is 1.22. The molecule has 16 heavy (non-hydrogen) atoms. The van der Waals surface area contributed by atoms with Crippen LogP contribution in [0.4, 0.5) is 5.69 Å². The largest absolute Gasteiger partial charge is 0.297 e. The second-order valence-electron chi connectivity index (χ2n) is 3.73. The number of hydrogen-bond donors (Lipinski definition) is 0. The fraction of sp³-hybridized carbons (Fsp3) is 0.250. The minimum Gasteiger partial charge on any atom is -0.297 e. The van der Waals surface area contributed by atoms with Gasteiger partial charge in [-0.05, 0) is 18.2 Å². The third-order valence-electron chi connectivity index (χ3n) is 2.59. The summed E-state index contributed by atoms with van der Waals surface area (Å²) in [5.41, 5.74) is 5.12. The summed E-state index contributed by atoms with van der Waals surface area (Å²) in [6, 6.07) is 6.19. The molecule has 0 unspecified atom stereocenters. The van der Waals surface area contributed by atoms with E-state index >= 15 is 0 Å². The van der Waals surface area contributed by atoms with Crippen molar-refractivity contribution in [3.8, 4) is 0 Å². The van der Waals surface area contributed by atoms with Crippen LogP contribution in [0.2, 0.25) is 0 Å². The first-order chi connectivity index (χ1) is 7.92. The van der Waals surface area contributed by atoms with E-state index in [-0.39, 0.29) is 0 Å². The zero-order valence-corrected chi connectivity index (χ0v) is 9.57. The Balaban J connectivity index is 1.96. The summed E-state index contributed by atoms with van der Waals surface area (Å²) in [4.78, 5) is 13.1. The van der Waals surface area contributed by atoms with Crippen LogP contribution in [0.1, 0.15) is 12.8 Å². The molecule has 1 aliphatic rings. The Labute approximate surface area is 97.6 Å².